The van der Waals surface area contributed by atoms with Crippen LogP contribution >= 0.6 is 46.3 Å². The van der Waals surface area contributed by atoms with Crippen molar-refractivity contribution in [3.63, 3.8) is 0 Å². The Labute approximate surface area is 331 Å². The summed E-state index contributed by atoms with van der Waals surface area (Å²) in [5.74, 6) is -1.86. The molecule has 0 fully saturated rings. The molecule has 6 rings (SSSR count). The van der Waals surface area contributed by atoms with Crippen molar-refractivity contribution in [3.8, 4) is 0 Å². The first kappa shape index (κ1) is 38.8. The third-order valence-corrected chi connectivity index (χ3v) is 11.5. The number of hydrogen-bond donors (Lipinski definition) is 3. The van der Waals surface area contributed by atoms with Crippen molar-refractivity contribution in [1.82, 2.24) is 10.2 Å². The van der Waals surface area contributed by atoms with Gasteiger partial charge >= 0.3 is 5.97 Å². The fraction of sp³-hybridized carbons (Fsp3) is 0.171. The van der Waals surface area contributed by atoms with E-state index >= 15 is 0 Å². The molecule has 1 aliphatic heterocycles. The monoisotopic (exact) mass is 798 g/mol. The fourth-order valence-electron chi connectivity index (χ4n) is 5.89. The van der Waals surface area contributed by atoms with Crippen molar-refractivity contribution < 1.29 is 23.9 Å². The number of carbonyl (C=O) groups excluding carboxylic acids is 4. The molecule has 13 heteroatoms. The van der Waals surface area contributed by atoms with Crippen molar-refractivity contribution in [3.05, 3.63) is 152 Å². The summed E-state index contributed by atoms with van der Waals surface area (Å²) in [6.45, 7) is 4.00. The summed E-state index contributed by atoms with van der Waals surface area (Å²) in [6.07, 6.45) is 2.09. The summed E-state index contributed by atoms with van der Waals surface area (Å²) < 4.78 is 5.13. The van der Waals surface area contributed by atoms with E-state index in [0.29, 0.717) is 55.3 Å². The second-order valence-corrected chi connectivity index (χ2v) is 15.7. The summed E-state index contributed by atoms with van der Waals surface area (Å²) in [5.41, 5.74) is 3.62. The Morgan fingerprint density at radius 2 is 1.59 bits per heavy atom. The molecule has 276 valence electrons. The molecule has 1 atom stereocenters. The third kappa shape index (κ3) is 9.60. The van der Waals surface area contributed by atoms with Crippen molar-refractivity contribution >= 4 is 86.8 Å². The molecule has 1 unspecified atom stereocenters. The molecule has 0 spiro atoms. The zero-order valence-electron chi connectivity index (χ0n) is 29.4. The van der Waals surface area contributed by atoms with Crippen molar-refractivity contribution in [1.29, 1.82) is 0 Å². The second-order valence-electron chi connectivity index (χ2n) is 12.4. The molecule has 0 aliphatic carbocycles. The number of rotatable bonds is 12. The van der Waals surface area contributed by atoms with Crippen LogP contribution in [-0.2, 0) is 33.8 Å². The van der Waals surface area contributed by atoms with Crippen LogP contribution in [0.25, 0.3) is 6.08 Å². The maximum atomic E-state index is 13.7. The molecule has 54 heavy (non-hydrogen) atoms. The van der Waals surface area contributed by atoms with Gasteiger partial charge in [0.05, 0.1) is 17.9 Å². The van der Waals surface area contributed by atoms with Gasteiger partial charge in [-0.1, -0.05) is 83.9 Å². The summed E-state index contributed by atoms with van der Waals surface area (Å²) in [6, 6.07) is 30.7. The van der Waals surface area contributed by atoms with E-state index in [2.05, 4.69) is 33.0 Å². The van der Waals surface area contributed by atoms with Crippen LogP contribution in [0.4, 0.5) is 10.7 Å². The highest BCUT2D eigenvalue weighted by Crippen LogP contribution is 2.39. The molecule has 0 bridgehead atoms. The number of ether oxygens (including phenoxy) is 1. The van der Waals surface area contributed by atoms with Gasteiger partial charge in [-0.25, -0.2) is 4.79 Å². The van der Waals surface area contributed by atoms with E-state index in [4.69, 9.17) is 27.9 Å². The van der Waals surface area contributed by atoms with Gasteiger partial charge in [0.2, 0.25) is 5.91 Å². The molecule has 0 radical (unpaired) electrons. The van der Waals surface area contributed by atoms with Crippen LogP contribution in [0.5, 0.6) is 0 Å². The SMILES string of the molecule is COC(=O)c1c(NC(=O)C(C)Sc2cccc(NC(=O)/C(=C\c3c(Cl)cccc3Cl)NC(=O)c3ccccc3)c2)sc2c1CCN(Cc1ccccc1)C2. The van der Waals surface area contributed by atoms with Crippen LogP contribution in [0, 0.1) is 0 Å². The number of benzene rings is 4. The number of hydrogen-bond acceptors (Lipinski definition) is 8. The van der Waals surface area contributed by atoms with Crippen molar-refractivity contribution in [2.75, 3.05) is 24.3 Å². The van der Waals surface area contributed by atoms with E-state index in [0.717, 1.165) is 23.5 Å². The zero-order valence-corrected chi connectivity index (χ0v) is 32.5. The summed E-state index contributed by atoms with van der Waals surface area (Å²) >= 11 is 15.5. The number of carbonyl (C=O) groups is 4. The number of anilines is 2. The standard InChI is InChI=1S/C41H36Cl2N4O5S2/c1-25(37(48)46-40-36(41(51)52-2)30-19-20-47(24-35(30)54-40)23-26-11-5-3-6-12-26)53-29-16-9-15-28(21-29)44-39(50)34(22-31-32(42)17-10-18-33(31)43)45-38(49)27-13-7-4-8-14-27/h3-18,21-22,25H,19-20,23-24H2,1-2H3,(H,44,50)(H,45,49)(H,46,48)/b34-22+. The lowest BCUT2D eigenvalue weighted by atomic mass is 10.0. The largest absolute Gasteiger partial charge is 0.465 e. The number of esters is 1. The zero-order chi connectivity index (χ0) is 38.2. The molecule has 3 amide bonds. The second kappa shape index (κ2) is 17.9. The van der Waals surface area contributed by atoms with Crippen molar-refractivity contribution in [2.45, 2.75) is 36.6 Å². The fourth-order valence-corrected chi connectivity index (χ4v) is 8.61. The molecule has 2 heterocycles. The Morgan fingerprint density at radius 3 is 2.30 bits per heavy atom. The first-order valence-corrected chi connectivity index (χ1v) is 19.4. The van der Waals surface area contributed by atoms with Crippen LogP contribution in [-0.4, -0.2) is 47.5 Å². The van der Waals surface area contributed by atoms with E-state index in [1.54, 1.807) is 73.7 Å². The highest BCUT2D eigenvalue weighted by molar-refractivity contribution is 8.00. The predicted octanol–water partition coefficient (Wildman–Crippen LogP) is 8.93. The normalized spacial score (nSPS) is 13.4. The highest BCUT2D eigenvalue weighted by Gasteiger charge is 2.30. The molecule has 4 aromatic carbocycles. The minimum absolute atomic E-state index is 0.0760. The molecule has 0 saturated carbocycles. The number of fused-ring (bicyclic) bond motifs is 1. The molecular weight excluding hydrogens is 764 g/mol. The van der Waals surface area contributed by atoms with Crippen LogP contribution in [0.2, 0.25) is 10.0 Å². The minimum atomic E-state index is -0.609. The van der Waals surface area contributed by atoms with Gasteiger partial charge < -0.3 is 20.7 Å². The quantitative estimate of drug-likeness (QED) is 0.0656. The lowest BCUT2D eigenvalue weighted by Crippen LogP contribution is -2.30. The number of thioether (sulfide) groups is 1. The first-order chi connectivity index (χ1) is 26.1. The van der Waals surface area contributed by atoms with E-state index in [-0.39, 0.29) is 11.6 Å². The van der Waals surface area contributed by atoms with Gasteiger partial charge in [0, 0.05) is 56.3 Å². The number of nitrogens with zero attached hydrogens (tertiary/aromatic N) is 1. The first-order valence-electron chi connectivity index (χ1n) is 17.0. The van der Waals surface area contributed by atoms with Crippen LogP contribution in [0.3, 0.4) is 0 Å². The molecule has 3 N–H and O–H groups in total. The lowest BCUT2D eigenvalue weighted by molar-refractivity contribution is -0.115. The molecule has 1 aliphatic rings. The number of nitrogens with one attached hydrogen (secondary N) is 3. The topological polar surface area (TPSA) is 117 Å². The van der Waals surface area contributed by atoms with Crippen LogP contribution < -0.4 is 16.0 Å². The predicted molar refractivity (Wildman–Crippen MR) is 217 cm³/mol. The lowest BCUT2D eigenvalue weighted by Gasteiger charge is -2.27. The van der Waals surface area contributed by atoms with Gasteiger partial charge in [0.25, 0.3) is 11.8 Å². The van der Waals surface area contributed by atoms with Gasteiger partial charge in [0.15, 0.2) is 0 Å². The van der Waals surface area contributed by atoms with E-state index in [9.17, 15) is 19.2 Å². The molecule has 5 aromatic rings. The maximum absolute atomic E-state index is 13.7. The Bertz CT molecular complexity index is 2190. The van der Waals surface area contributed by atoms with E-state index in [1.165, 1.54) is 41.8 Å². The van der Waals surface area contributed by atoms with Crippen LogP contribution in [0.1, 0.15) is 49.2 Å². The average Bonchev–Trinajstić information content (AvgIpc) is 3.53. The number of halogens is 2. The minimum Gasteiger partial charge on any atom is -0.465 e. The Morgan fingerprint density at radius 1 is 0.907 bits per heavy atom. The highest BCUT2D eigenvalue weighted by atomic mass is 35.5. The summed E-state index contributed by atoms with van der Waals surface area (Å²) in [7, 11) is 1.34. The maximum Gasteiger partial charge on any atom is 0.341 e. The van der Waals surface area contributed by atoms with Gasteiger partial charge in [-0.2, -0.15) is 0 Å². The van der Waals surface area contributed by atoms with Crippen molar-refractivity contribution in [2.24, 2.45) is 0 Å². The molecular formula is C41H36Cl2N4O5S2. The summed E-state index contributed by atoms with van der Waals surface area (Å²) in [5, 5.41) is 9.03. The molecule has 1 aromatic heterocycles. The number of amides is 3. The summed E-state index contributed by atoms with van der Waals surface area (Å²) in [4.78, 5) is 57.4. The Balaban J connectivity index is 1.15. The average molecular weight is 800 g/mol. The molecule has 0 saturated heterocycles. The van der Waals surface area contributed by atoms with Crippen LogP contribution in [0.15, 0.2) is 114 Å². The molecule has 9 nitrogen and oxygen atoms in total. The third-order valence-electron chi connectivity index (χ3n) is 8.60. The van der Waals surface area contributed by atoms with E-state index in [1.807, 2.05) is 24.3 Å². The number of methoxy groups -OCH3 is 1. The van der Waals surface area contributed by atoms with Gasteiger partial charge in [0.1, 0.15) is 10.7 Å². The van der Waals surface area contributed by atoms with Gasteiger partial charge in [-0.05, 0) is 73.0 Å². The van der Waals surface area contributed by atoms with Gasteiger partial charge in [-0.3, -0.25) is 19.3 Å². The number of thiophene rings is 1. The Hall–Kier alpha value is -4.91. The smallest absolute Gasteiger partial charge is 0.341 e. The van der Waals surface area contributed by atoms with Gasteiger partial charge in [-0.15, -0.1) is 23.1 Å². The Kier molecular flexibility index (Phi) is 12.9. The van der Waals surface area contributed by atoms with E-state index < -0.39 is 23.0 Å².